The predicted octanol–water partition coefficient (Wildman–Crippen LogP) is 2.12. The largest absolute Gasteiger partial charge is 0.497 e. The quantitative estimate of drug-likeness (QED) is 0.777. The topological polar surface area (TPSA) is 65.1 Å². The highest BCUT2D eigenvalue weighted by atomic mass is 16.5. The number of nitrogens with zero attached hydrogens (tertiary/aromatic N) is 1. The van der Waals surface area contributed by atoms with E-state index < -0.39 is 0 Å². The third-order valence-corrected chi connectivity index (χ3v) is 3.97. The van der Waals surface area contributed by atoms with Gasteiger partial charge in [-0.1, -0.05) is 0 Å². The number of esters is 1. The molecule has 1 saturated heterocycles. The molecular formula is C17H23NO5. The highest BCUT2D eigenvalue weighted by Crippen LogP contribution is 2.27. The van der Waals surface area contributed by atoms with Crippen LogP contribution in [0.1, 0.15) is 30.1 Å². The zero-order chi connectivity index (χ0) is 16.8. The molecule has 23 heavy (non-hydrogen) atoms. The summed E-state index contributed by atoms with van der Waals surface area (Å²) in [5, 5.41) is 0. The van der Waals surface area contributed by atoms with Crippen molar-refractivity contribution in [3.05, 3.63) is 23.8 Å². The minimum absolute atomic E-state index is 0.158. The molecule has 1 amide bonds. The van der Waals surface area contributed by atoms with Crippen LogP contribution in [0, 0.1) is 5.92 Å². The highest BCUT2D eigenvalue weighted by molar-refractivity contribution is 5.97. The molecule has 0 spiro atoms. The number of carbonyl (C=O) groups excluding carboxylic acids is 2. The van der Waals surface area contributed by atoms with E-state index in [1.165, 1.54) is 7.11 Å². The number of hydrogen-bond acceptors (Lipinski definition) is 5. The highest BCUT2D eigenvalue weighted by Gasteiger charge is 2.31. The van der Waals surface area contributed by atoms with Gasteiger partial charge in [0.05, 0.1) is 32.3 Å². The molecule has 1 aromatic rings. The molecule has 0 unspecified atom stereocenters. The van der Waals surface area contributed by atoms with Gasteiger partial charge in [0.15, 0.2) is 0 Å². The van der Waals surface area contributed by atoms with Gasteiger partial charge in [-0.25, -0.2) is 0 Å². The van der Waals surface area contributed by atoms with Gasteiger partial charge in [-0.15, -0.1) is 0 Å². The van der Waals surface area contributed by atoms with E-state index in [9.17, 15) is 9.59 Å². The Hall–Kier alpha value is -2.24. The van der Waals surface area contributed by atoms with Gasteiger partial charge in [0.25, 0.3) is 5.91 Å². The number of rotatable bonds is 5. The maximum Gasteiger partial charge on any atom is 0.310 e. The fraction of sp³-hybridized carbons (Fsp3) is 0.529. The zero-order valence-corrected chi connectivity index (χ0v) is 13.8. The van der Waals surface area contributed by atoms with Crippen LogP contribution in [0.15, 0.2) is 18.2 Å². The van der Waals surface area contributed by atoms with Gasteiger partial charge in [-0.2, -0.15) is 0 Å². The molecule has 1 atom stereocenters. The van der Waals surface area contributed by atoms with E-state index in [0.717, 1.165) is 12.8 Å². The van der Waals surface area contributed by atoms with Crippen molar-refractivity contribution in [1.29, 1.82) is 0 Å². The third-order valence-electron chi connectivity index (χ3n) is 3.97. The second-order valence-corrected chi connectivity index (χ2v) is 5.41. The molecule has 1 aliphatic rings. The minimum Gasteiger partial charge on any atom is -0.497 e. The van der Waals surface area contributed by atoms with Gasteiger partial charge >= 0.3 is 5.97 Å². The predicted molar refractivity (Wildman–Crippen MR) is 84.8 cm³/mol. The van der Waals surface area contributed by atoms with Crippen molar-refractivity contribution >= 4 is 11.9 Å². The summed E-state index contributed by atoms with van der Waals surface area (Å²) < 4.78 is 15.5. The molecule has 1 fully saturated rings. The number of ether oxygens (including phenoxy) is 3. The molecule has 0 N–H and O–H groups in total. The summed E-state index contributed by atoms with van der Waals surface area (Å²) >= 11 is 0. The Morgan fingerprint density at radius 2 is 2.04 bits per heavy atom. The Labute approximate surface area is 136 Å². The lowest BCUT2D eigenvalue weighted by molar-refractivity contribution is -0.149. The van der Waals surface area contributed by atoms with E-state index in [4.69, 9.17) is 14.2 Å². The average Bonchev–Trinajstić information content (AvgIpc) is 2.60. The number of carbonyl (C=O) groups is 2. The molecule has 6 nitrogen and oxygen atoms in total. The lowest BCUT2D eigenvalue weighted by atomic mass is 9.97. The normalized spacial score (nSPS) is 17.5. The zero-order valence-electron chi connectivity index (χ0n) is 13.8. The van der Waals surface area contributed by atoms with E-state index in [1.54, 1.807) is 37.1 Å². The fourth-order valence-corrected chi connectivity index (χ4v) is 2.77. The van der Waals surface area contributed by atoms with Crippen molar-refractivity contribution in [3.63, 3.8) is 0 Å². The third kappa shape index (κ3) is 3.94. The summed E-state index contributed by atoms with van der Waals surface area (Å²) in [4.78, 5) is 26.4. The maximum atomic E-state index is 12.8. The lowest BCUT2D eigenvalue weighted by Crippen LogP contribution is -2.42. The van der Waals surface area contributed by atoms with Crippen LogP contribution in [0.25, 0.3) is 0 Å². The summed E-state index contributed by atoms with van der Waals surface area (Å²) in [6, 6.07) is 5.11. The van der Waals surface area contributed by atoms with E-state index in [1.807, 2.05) is 0 Å². The SMILES string of the molecule is CCOC(=O)[C@@H]1CCCN(C(=O)c2cc(OC)ccc2OC)C1. The molecule has 0 saturated carbocycles. The average molecular weight is 321 g/mol. The molecular weight excluding hydrogens is 298 g/mol. The minimum atomic E-state index is -0.260. The molecule has 126 valence electrons. The number of benzene rings is 1. The van der Waals surface area contributed by atoms with E-state index in [-0.39, 0.29) is 17.8 Å². The van der Waals surface area contributed by atoms with Crippen molar-refractivity contribution < 1.29 is 23.8 Å². The van der Waals surface area contributed by atoms with Crippen LogP contribution >= 0.6 is 0 Å². The first-order valence-corrected chi connectivity index (χ1v) is 7.78. The van der Waals surface area contributed by atoms with E-state index in [0.29, 0.717) is 36.8 Å². The number of amides is 1. The van der Waals surface area contributed by atoms with Crippen LogP contribution < -0.4 is 9.47 Å². The molecule has 1 aliphatic heterocycles. The number of methoxy groups -OCH3 is 2. The summed E-state index contributed by atoms with van der Waals surface area (Å²) in [5.74, 6) is 0.434. The summed E-state index contributed by atoms with van der Waals surface area (Å²) in [7, 11) is 3.07. The lowest BCUT2D eigenvalue weighted by Gasteiger charge is -2.32. The molecule has 1 aromatic carbocycles. The van der Waals surface area contributed by atoms with Gasteiger partial charge in [0.2, 0.25) is 0 Å². The first-order valence-electron chi connectivity index (χ1n) is 7.78. The van der Waals surface area contributed by atoms with Crippen LogP contribution in [0.3, 0.4) is 0 Å². The monoisotopic (exact) mass is 321 g/mol. The summed E-state index contributed by atoms with van der Waals surface area (Å²) in [5.41, 5.74) is 0.441. The Morgan fingerprint density at radius 1 is 1.26 bits per heavy atom. The molecule has 0 radical (unpaired) electrons. The molecule has 2 rings (SSSR count). The molecule has 0 aliphatic carbocycles. The number of hydrogen-bond donors (Lipinski definition) is 0. The molecule has 0 bridgehead atoms. The standard InChI is InChI=1S/C17H23NO5/c1-4-23-17(20)12-6-5-9-18(11-12)16(19)14-10-13(21-2)7-8-15(14)22-3/h7-8,10,12H,4-6,9,11H2,1-3H3/t12-/m1/s1. The smallest absolute Gasteiger partial charge is 0.310 e. The van der Waals surface area contributed by atoms with Gasteiger partial charge in [-0.05, 0) is 38.0 Å². The van der Waals surface area contributed by atoms with E-state index >= 15 is 0 Å². The molecule has 6 heteroatoms. The summed E-state index contributed by atoms with van der Waals surface area (Å²) in [6.07, 6.45) is 1.53. The second-order valence-electron chi connectivity index (χ2n) is 5.41. The van der Waals surface area contributed by atoms with Crippen LogP contribution in [-0.2, 0) is 9.53 Å². The first kappa shape index (κ1) is 17.1. The van der Waals surface area contributed by atoms with Crippen molar-refractivity contribution in [3.8, 4) is 11.5 Å². The Balaban J connectivity index is 2.17. The van der Waals surface area contributed by atoms with Crippen LogP contribution in [0.4, 0.5) is 0 Å². The summed E-state index contributed by atoms with van der Waals surface area (Å²) in [6.45, 7) is 3.13. The van der Waals surface area contributed by atoms with Gasteiger partial charge in [0.1, 0.15) is 11.5 Å². The maximum absolute atomic E-state index is 12.8. The van der Waals surface area contributed by atoms with Crippen molar-refractivity contribution in [1.82, 2.24) is 4.90 Å². The van der Waals surface area contributed by atoms with Crippen LogP contribution in [0.5, 0.6) is 11.5 Å². The van der Waals surface area contributed by atoms with Crippen LogP contribution in [0.2, 0.25) is 0 Å². The Bertz CT molecular complexity index is 572. The number of likely N-dealkylation sites (tertiary alicyclic amines) is 1. The van der Waals surface area contributed by atoms with Crippen molar-refractivity contribution in [2.75, 3.05) is 33.9 Å². The van der Waals surface area contributed by atoms with Gasteiger partial charge in [-0.3, -0.25) is 9.59 Å². The van der Waals surface area contributed by atoms with Gasteiger partial charge < -0.3 is 19.1 Å². The first-order chi connectivity index (χ1) is 11.1. The second kappa shape index (κ2) is 7.85. The van der Waals surface area contributed by atoms with Crippen molar-refractivity contribution in [2.45, 2.75) is 19.8 Å². The fourth-order valence-electron chi connectivity index (χ4n) is 2.77. The number of piperidine rings is 1. The van der Waals surface area contributed by atoms with Gasteiger partial charge in [0, 0.05) is 13.1 Å². The van der Waals surface area contributed by atoms with E-state index in [2.05, 4.69) is 0 Å². The van der Waals surface area contributed by atoms with Crippen LogP contribution in [-0.4, -0.2) is 50.7 Å². The Kier molecular flexibility index (Phi) is 5.84. The molecule has 0 aromatic heterocycles. The molecule has 1 heterocycles. The Morgan fingerprint density at radius 3 is 2.70 bits per heavy atom. The van der Waals surface area contributed by atoms with Crippen molar-refractivity contribution in [2.24, 2.45) is 5.92 Å².